The molecule has 0 heterocycles. The maximum absolute atomic E-state index is 8.75. The fraction of sp³-hybridized carbons (Fsp3) is 0.933. The fourth-order valence-electron chi connectivity index (χ4n) is 2.20. The lowest BCUT2D eigenvalue weighted by molar-refractivity contribution is 0.138. The minimum absolute atomic E-state index is 0.232. The Kier molecular flexibility index (Phi) is 9.59. The van der Waals surface area contributed by atoms with Crippen molar-refractivity contribution in [3.63, 3.8) is 0 Å². The Labute approximate surface area is 124 Å². The van der Waals surface area contributed by atoms with Crippen LogP contribution in [-0.4, -0.2) is 49.3 Å². The Morgan fingerprint density at radius 2 is 1.95 bits per heavy atom. The Morgan fingerprint density at radius 3 is 2.45 bits per heavy atom. The van der Waals surface area contributed by atoms with Crippen LogP contribution < -0.4 is 5.73 Å². The van der Waals surface area contributed by atoms with Crippen molar-refractivity contribution in [3.8, 4) is 0 Å². The number of nitrogens with zero attached hydrogens (tertiary/aromatic N) is 2. The highest BCUT2D eigenvalue weighted by Crippen LogP contribution is 2.23. The molecule has 0 aliphatic heterocycles. The van der Waals surface area contributed by atoms with Crippen molar-refractivity contribution in [3.05, 3.63) is 0 Å². The van der Waals surface area contributed by atoms with Gasteiger partial charge in [0.1, 0.15) is 5.84 Å². The van der Waals surface area contributed by atoms with Crippen molar-refractivity contribution in [2.45, 2.75) is 47.0 Å². The molecule has 5 heteroatoms. The molecule has 0 spiro atoms. The first-order valence-corrected chi connectivity index (χ1v) is 7.52. The number of nitrogens with two attached hydrogens (primary N) is 1. The molecule has 120 valence electrons. The SMILES string of the molecule is COCCN(CCCCC(C)(C)C(N)=NO)CC(C)C. The number of methoxy groups -OCH3 is 1. The van der Waals surface area contributed by atoms with Gasteiger partial charge in [-0.15, -0.1) is 0 Å². The molecule has 0 aliphatic rings. The molecule has 0 unspecified atom stereocenters. The summed E-state index contributed by atoms with van der Waals surface area (Å²) in [5.41, 5.74) is 5.47. The molecule has 0 aromatic rings. The highest BCUT2D eigenvalue weighted by molar-refractivity contribution is 5.85. The number of hydrogen-bond acceptors (Lipinski definition) is 4. The van der Waals surface area contributed by atoms with E-state index in [1.54, 1.807) is 7.11 Å². The highest BCUT2D eigenvalue weighted by atomic mass is 16.5. The molecule has 0 saturated heterocycles. The van der Waals surface area contributed by atoms with Crippen molar-refractivity contribution in [2.24, 2.45) is 22.2 Å². The maximum atomic E-state index is 8.75. The summed E-state index contributed by atoms with van der Waals surface area (Å²) in [7, 11) is 1.74. The zero-order chi connectivity index (χ0) is 15.6. The second-order valence-corrected chi connectivity index (χ2v) is 6.51. The van der Waals surface area contributed by atoms with E-state index in [0.29, 0.717) is 11.8 Å². The molecule has 0 rings (SSSR count). The van der Waals surface area contributed by atoms with E-state index in [4.69, 9.17) is 15.7 Å². The van der Waals surface area contributed by atoms with Crippen LogP contribution in [0.3, 0.4) is 0 Å². The summed E-state index contributed by atoms with van der Waals surface area (Å²) in [5.74, 6) is 0.983. The predicted molar refractivity (Wildman–Crippen MR) is 84.2 cm³/mol. The van der Waals surface area contributed by atoms with E-state index < -0.39 is 0 Å². The molecular weight excluding hydrogens is 254 g/mol. The van der Waals surface area contributed by atoms with Gasteiger partial charge < -0.3 is 20.6 Å². The van der Waals surface area contributed by atoms with Gasteiger partial charge in [0.15, 0.2) is 0 Å². The van der Waals surface area contributed by atoms with Crippen LogP contribution in [0, 0.1) is 11.3 Å². The van der Waals surface area contributed by atoms with Gasteiger partial charge in [0.05, 0.1) is 6.61 Å². The maximum Gasteiger partial charge on any atom is 0.144 e. The van der Waals surface area contributed by atoms with E-state index in [1.807, 2.05) is 13.8 Å². The molecule has 0 amide bonds. The Hall–Kier alpha value is -0.810. The van der Waals surface area contributed by atoms with E-state index in [-0.39, 0.29) is 5.41 Å². The van der Waals surface area contributed by atoms with Crippen molar-refractivity contribution in [2.75, 3.05) is 33.4 Å². The van der Waals surface area contributed by atoms with Crippen molar-refractivity contribution in [1.82, 2.24) is 4.90 Å². The molecule has 20 heavy (non-hydrogen) atoms. The van der Waals surface area contributed by atoms with Crippen LogP contribution >= 0.6 is 0 Å². The predicted octanol–water partition coefficient (Wildman–Crippen LogP) is 2.53. The third-order valence-corrected chi connectivity index (χ3v) is 3.56. The average molecular weight is 287 g/mol. The minimum atomic E-state index is -0.232. The third kappa shape index (κ3) is 8.38. The molecule has 0 fully saturated rings. The summed E-state index contributed by atoms with van der Waals surface area (Å²) in [6.07, 6.45) is 3.13. The average Bonchev–Trinajstić information content (AvgIpc) is 2.38. The molecule has 3 N–H and O–H groups in total. The third-order valence-electron chi connectivity index (χ3n) is 3.56. The molecule has 0 radical (unpaired) electrons. The first-order chi connectivity index (χ1) is 9.33. The van der Waals surface area contributed by atoms with Gasteiger partial charge in [-0.2, -0.15) is 0 Å². The minimum Gasteiger partial charge on any atom is -0.409 e. The summed E-state index contributed by atoms with van der Waals surface area (Å²) in [6.45, 7) is 12.4. The van der Waals surface area contributed by atoms with Crippen LogP contribution in [0.2, 0.25) is 0 Å². The number of unbranched alkanes of at least 4 members (excludes halogenated alkanes) is 1. The molecular formula is C15H33N3O2. The topological polar surface area (TPSA) is 71.1 Å². The van der Waals surface area contributed by atoms with Gasteiger partial charge >= 0.3 is 0 Å². The van der Waals surface area contributed by atoms with Crippen molar-refractivity contribution < 1.29 is 9.94 Å². The van der Waals surface area contributed by atoms with Crippen LogP contribution in [0.1, 0.15) is 47.0 Å². The zero-order valence-corrected chi connectivity index (χ0v) is 13.9. The first-order valence-electron chi connectivity index (χ1n) is 7.52. The Bertz CT molecular complexity index is 278. The normalized spacial score (nSPS) is 13.4. The van der Waals surface area contributed by atoms with Gasteiger partial charge in [0, 0.05) is 25.6 Å². The summed E-state index contributed by atoms with van der Waals surface area (Å²) in [6, 6.07) is 0. The van der Waals surface area contributed by atoms with Crippen LogP contribution in [0.25, 0.3) is 0 Å². The second-order valence-electron chi connectivity index (χ2n) is 6.51. The van der Waals surface area contributed by atoms with Crippen LogP contribution in [0.15, 0.2) is 5.16 Å². The fourth-order valence-corrected chi connectivity index (χ4v) is 2.20. The second kappa shape index (κ2) is 10.00. The molecule has 0 aromatic heterocycles. The zero-order valence-electron chi connectivity index (χ0n) is 13.9. The summed E-state index contributed by atoms with van der Waals surface area (Å²) in [4.78, 5) is 2.45. The van der Waals surface area contributed by atoms with Gasteiger partial charge in [-0.1, -0.05) is 39.3 Å². The molecule has 0 atom stereocenters. The highest BCUT2D eigenvalue weighted by Gasteiger charge is 2.22. The lowest BCUT2D eigenvalue weighted by Gasteiger charge is -2.26. The molecule has 0 aromatic carbocycles. The number of rotatable bonds is 11. The van der Waals surface area contributed by atoms with Gasteiger partial charge in [0.2, 0.25) is 0 Å². The van der Waals surface area contributed by atoms with Crippen molar-refractivity contribution in [1.29, 1.82) is 0 Å². The van der Waals surface area contributed by atoms with Crippen molar-refractivity contribution >= 4 is 5.84 Å². The lowest BCUT2D eigenvalue weighted by atomic mass is 9.86. The molecule has 0 bridgehead atoms. The quantitative estimate of drug-likeness (QED) is 0.201. The summed E-state index contributed by atoms with van der Waals surface area (Å²) >= 11 is 0. The number of oxime groups is 1. The molecule has 0 aliphatic carbocycles. The van der Waals surface area contributed by atoms with E-state index in [9.17, 15) is 0 Å². The van der Waals surface area contributed by atoms with E-state index in [0.717, 1.165) is 45.5 Å². The first kappa shape index (κ1) is 19.2. The van der Waals surface area contributed by atoms with Gasteiger partial charge in [-0.3, -0.25) is 0 Å². The van der Waals surface area contributed by atoms with Gasteiger partial charge in [-0.05, 0) is 25.3 Å². The monoisotopic (exact) mass is 287 g/mol. The van der Waals surface area contributed by atoms with E-state index in [1.165, 1.54) is 0 Å². The standard InChI is InChI=1S/C15H33N3O2/c1-13(2)12-18(10-11-20-5)9-7-6-8-15(3,4)14(16)17-19/h13,19H,6-12H2,1-5H3,(H2,16,17). The smallest absolute Gasteiger partial charge is 0.144 e. The van der Waals surface area contributed by atoms with Gasteiger partial charge in [0.25, 0.3) is 0 Å². The van der Waals surface area contributed by atoms with Gasteiger partial charge in [-0.25, -0.2) is 0 Å². The van der Waals surface area contributed by atoms with E-state index in [2.05, 4.69) is 23.9 Å². The number of amidine groups is 1. The summed E-state index contributed by atoms with van der Waals surface area (Å²) in [5, 5.41) is 11.9. The Balaban J connectivity index is 4.04. The van der Waals surface area contributed by atoms with Crippen LogP contribution in [0.5, 0.6) is 0 Å². The number of ether oxygens (including phenoxy) is 1. The van der Waals surface area contributed by atoms with E-state index >= 15 is 0 Å². The largest absolute Gasteiger partial charge is 0.409 e. The van der Waals surface area contributed by atoms with Crippen LogP contribution in [0.4, 0.5) is 0 Å². The van der Waals surface area contributed by atoms with Crippen LogP contribution in [-0.2, 0) is 4.74 Å². The Morgan fingerprint density at radius 1 is 1.30 bits per heavy atom. The molecule has 5 nitrogen and oxygen atoms in total. The molecule has 0 saturated carbocycles. The summed E-state index contributed by atoms with van der Waals surface area (Å²) < 4.78 is 5.16. The number of hydrogen-bond donors (Lipinski definition) is 2. The lowest BCUT2D eigenvalue weighted by Crippen LogP contribution is -2.33.